The van der Waals surface area contributed by atoms with Crippen LogP contribution in [0, 0.1) is 0 Å². The van der Waals surface area contributed by atoms with E-state index in [1.807, 2.05) is 32.0 Å². The molecule has 140 valence electrons. The zero-order chi connectivity index (χ0) is 20.4. The van der Waals surface area contributed by atoms with Crippen molar-refractivity contribution in [1.29, 1.82) is 0 Å². The Bertz CT molecular complexity index is 943. The average Bonchev–Trinajstić information content (AvgIpc) is 2.70. The van der Waals surface area contributed by atoms with E-state index in [0.29, 0.717) is 16.6 Å². The minimum Gasteiger partial charge on any atom is -0.507 e. The van der Waals surface area contributed by atoms with E-state index >= 15 is 0 Å². The van der Waals surface area contributed by atoms with Gasteiger partial charge in [0.2, 0.25) is 0 Å². The van der Waals surface area contributed by atoms with Gasteiger partial charge in [-0.05, 0) is 35.4 Å². The average molecular weight is 365 g/mol. The zero-order valence-corrected chi connectivity index (χ0v) is 15.4. The van der Waals surface area contributed by atoms with E-state index in [4.69, 9.17) is 5.11 Å². The van der Waals surface area contributed by atoms with E-state index in [-0.39, 0.29) is 17.1 Å². The third kappa shape index (κ3) is 5.44. The van der Waals surface area contributed by atoms with E-state index in [1.165, 1.54) is 24.3 Å². The molecular formula is C22H23NO4. The molecule has 3 N–H and O–H groups in total. The molecule has 0 amide bonds. The third-order valence-corrected chi connectivity index (χ3v) is 3.48. The molecule has 0 unspecified atom stereocenters. The first-order valence-corrected chi connectivity index (χ1v) is 8.35. The number of phenols is 2. The summed E-state index contributed by atoms with van der Waals surface area (Å²) in [5.41, 5.74) is 1.82. The standard InChI is InChI=1S/C11H10O3.C9H7NO.C2H6/c1-3-7-5-9(11(13)14)10(12)6-8(7)4-2;11-8-5-1-3-7-4-2-6-10-9(7)8;1-2/h3-6,12H,1-2H2,(H,13,14);1-6,11H;1-2H3. The topological polar surface area (TPSA) is 90.7 Å². The lowest BCUT2D eigenvalue weighted by Crippen LogP contribution is -1.98. The molecule has 0 spiro atoms. The second kappa shape index (κ2) is 10.4. The number of fused-ring (bicyclic) bond motifs is 1. The maximum atomic E-state index is 10.7. The highest BCUT2D eigenvalue weighted by atomic mass is 16.4. The number of pyridine rings is 1. The van der Waals surface area contributed by atoms with Gasteiger partial charge in [-0.25, -0.2) is 4.79 Å². The first kappa shape index (κ1) is 21.4. The quantitative estimate of drug-likeness (QED) is 0.582. The Morgan fingerprint density at radius 2 is 1.56 bits per heavy atom. The van der Waals surface area contributed by atoms with Crippen molar-refractivity contribution in [2.75, 3.05) is 0 Å². The summed E-state index contributed by atoms with van der Waals surface area (Å²) in [6.07, 6.45) is 4.72. The molecule has 0 saturated heterocycles. The predicted octanol–water partition coefficient (Wildman–Crippen LogP) is 5.34. The van der Waals surface area contributed by atoms with Crippen LogP contribution < -0.4 is 0 Å². The number of nitrogens with zero attached hydrogens (tertiary/aromatic N) is 1. The second-order valence-electron chi connectivity index (χ2n) is 5.06. The molecule has 0 fully saturated rings. The minimum atomic E-state index is -1.17. The number of carboxylic acid groups (broad SMARTS) is 1. The SMILES string of the molecule is C=Cc1cc(O)c(C(=O)O)cc1C=C.CC.Oc1cccc2cccnc12. The summed E-state index contributed by atoms with van der Waals surface area (Å²) in [5.74, 6) is -1.19. The van der Waals surface area contributed by atoms with Crippen LogP contribution in [0.1, 0.15) is 35.3 Å². The number of hydrogen-bond donors (Lipinski definition) is 3. The first-order chi connectivity index (χ1) is 13.0. The number of phenolic OH excluding ortho intramolecular Hbond substituents is 1. The van der Waals surface area contributed by atoms with Crippen molar-refractivity contribution in [1.82, 2.24) is 4.98 Å². The molecule has 1 heterocycles. The molecular weight excluding hydrogens is 342 g/mol. The van der Waals surface area contributed by atoms with Gasteiger partial charge in [-0.2, -0.15) is 0 Å². The van der Waals surface area contributed by atoms with Gasteiger partial charge < -0.3 is 15.3 Å². The predicted molar refractivity (Wildman–Crippen MR) is 110 cm³/mol. The van der Waals surface area contributed by atoms with Gasteiger partial charge in [0.1, 0.15) is 22.6 Å². The number of aromatic nitrogens is 1. The van der Waals surface area contributed by atoms with Crippen molar-refractivity contribution in [2.24, 2.45) is 0 Å². The number of rotatable bonds is 3. The number of hydrogen-bond acceptors (Lipinski definition) is 4. The highest BCUT2D eigenvalue weighted by Crippen LogP contribution is 2.24. The van der Waals surface area contributed by atoms with Gasteiger partial charge >= 0.3 is 5.97 Å². The van der Waals surface area contributed by atoms with Crippen molar-refractivity contribution in [3.63, 3.8) is 0 Å². The summed E-state index contributed by atoms with van der Waals surface area (Å²) in [6, 6.07) is 11.8. The molecule has 1 aromatic heterocycles. The van der Waals surface area contributed by atoms with Crippen molar-refractivity contribution in [2.45, 2.75) is 13.8 Å². The molecule has 0 saturated carbocycles. The molecule has 3 rings (SSSR count). The Balaban J connectivity index is 0.000000252. The maximum Gasteiger partial charge on any atom is 0.339 e. The zero-order valence-electron chi connectivity index (χ0n) is 15.4. The largest absolute Gasteiger partial charge is 0.507 e. The van der Waals surface area contributed by atoms with Crippen molar-refractivity contribution >= 4 is 29.0 Å². The van der Waals surface area contributed by atoms with E-state index in [2.05, 4.69) is 18.1 Å². The Morgan fingerprint density at radius 3 is 2.11 bits per heavy atom. The smallest absolute Gasteiger partial charge is 0.339 e. The number of benzene rings is 2. The molecule has 0 aliphatic carbocycles. The van der Waals surface area contributed by atoms with Crippen molar-refractivity contribution < 1.29 is 20.1 Å². The van der Waals surface area contributed by atoms with Gasteiger partial charge in [0, 0.05) is 11.6 Å². The second-order valence-corrected chi connectivity index (χ2v) is 5.06. The summed E-state index contributed by atoms with van der Waals surface area (Å²) in [4.78, 5) is 14.7. The molecule has 0 aliphatic heterocycles. The van der Waals surface area contributed by atoms with Crippen LogP contribution in [0.3, 0.4) is 0 Å². The summed E-state index contributed by atoms with van der Waals surface area (Å²) in [6.45, 7) is 11.1. The van der Waals surface area contributed by atoms with Crippen LogP contribution in [0.5, 0.6) is 11.5 Å². The Labute approximate surface area is 158 Å². The lowest BCUT2D eigenvalue weighted by atomic mass is 10.0. The van der Waals surface area contributed by atoms with Crippen LogP contribution in [-0.2, 0) is 0 Å². The van der Waals surface area contributed by atoms with Gasteiger partial charge in [-0.15, -0.1) is 0 Å². The third-order valence-electron chi connectivity index (χ3n) is 3.48. The van der Waals surface area contributed by atoms with Gasteiger partial charge in [0.15, 0.2) is 0 Å². The molecule has 0 bridgehead atoms. The van der Waals surface area contributed by atoms with Crippen LogP contribution in [0.25, 0.3) is 23.1 Å². The van der Waals surface area contributed by atoms with Crippen molar-refractivity contribution in [3.05, 3.63) is 78.5 Å². The summed E-state index contributed by atoms with van der Waals surface area (Å²) in [5, 5.41) is 28.4. The van der Waals surface area contributed by atoms with Crippen LogP contribution in [0.4, 0.5) is 0 Å². The van der Waals surface area contributed by atoms with Crippen molar-refractivity contribution in [3.8, 4) is 11.5 Å². The molecule has 3 aromatic rings. The number of carbonyl (C=O) groups is 1. The molecule has 27 heavy (non-hydrogen) atoms. The molecule has 5 nitrogen and oxygen atoms in total. The Morgan fingerprint density at radius 1 is 0.963 bits per heavy atom. The van der Waals surface area contributed by atoms with E-state index < -0.39 is 5.97 Å². The molecule has 0 radical (unpaired) electrons. The Kier molecular flexibility index (Phi) is 8.26. The number of aromatic carboxylic acids is 1. The number of para-hydroxylation sites is 1. The van der Waals surface area contributed by atoms with Gasteiger partial charge in [-0.3, -0.25) is 4.98 Å². The Hall–Kier alpha value is -3.60. The van der Waals surface area contributed by atoms with Gasteiger partial charge in [-0.1, -0.05) is 57.4 Å². The minimum absolute atomic E-state index is 0.134. The monoisotopic (exact) mass is 365 g/mol. The first-order valence-electron chi connectivity index (χ1n) is 8.35. The van der Waals surface area contributed by atoms with Crippen LogP contribution in [-0.4, -0.2) is 26.3 Å². The lowest BCUT2D eigenvalue weighted by Gasteiger charge is -2.05. The molecule has 5 heteroatoms. The molecule has 0 aliphatic rings. The highest BCUT2D eigenvalue weighted by molar-refractivity contribution is 5.92. The van der Waals surface area contributed by atoms with Crippen LogP contribution in [0.15, 0.2) is 61.8 Å². The number of carboxylic acids is 1. The molecule has 0 atom stereocenters. The fourth-order valence-corrected chi connectivity index (χ4v) is 2.23. The maximum absolute atomic E-state index is 10.7. The fourth-order valence-electron chi connectivity index (χ4n) is 2.23. The van der Waals surface area contributed by atoms with Crippen LogP contribution in [0.2, 0.25) is 0 Å². The van der Waals surface area contributed by atoms with E-state index in [9.17, 15) is 15.0 Å². The highest BCUT2D eigenvalue weighted by Gasteiger charge is 2.11. The summed E-state index contributed by atoms with van der Waals surface area (Å²) >= 11 is 0. The normalized spacial score (nSPS) is 9.26. The van der Waals surface area contributed by atoms with E-state index in [1.54, 1.807) is 18.3 Å². The summed E-state index contributed by atoms with van der Waals surface area (Å²) < 4.78 is 0. The number of aromatic hydroxyl groups is 2. The molecule has 2 aromatic carbocycles. The lowest BCUT2D eigenvalue weighted by molar-refractivity contribution is 0.0693. The van der Waals surface area contributed by atoms with Crippen LogP contribution >= 0.6 is 0 Å². The fraction of sp³-hybridized carbons (Fsp3) is 0.0909. The van der Waals surface area contributed by atoms with Gasteiger partial charge in [0.25, 0.3) is 0 Å². The van der Waals surface area contributed by atoms with Gasteiger partial charge in [0.05, 0.1) is 0 Å². The van der Waals surface area contributed by atoms with E-state index in [0.717, 1.165) is 5.39 Å². The summed E-state index contributed by atoms with van der Waals surface area (Å²) in [7, 11) is 0.